The average Bonchev–Trinajstić information content (AvgIpc) is 2.60. The molecule has 1 N–H and O–H groups in total. The predicted molar refractivity (Wildman–Crippen MR) is 93.7 cm³/mol. The van der Waals surface area contributed by atoms with Crippen LogP contribution in [0.2, 0.25) is 0 Å². The molecule has 0 heterocycles. The molecule has 0 aliphatic rings. The third-order valence-electron chi connectivity index (χ3n) is 3.42. The summed E-state index contributed by atoms with van der Waals surface area (Å²) in [7, 11) is -3.64. The van der Waals surface area contributed by atoms with E-state index in [2.05, 4.69) is 5.32 Å². The first-order valence-corrected chi connectivity index (χ1v) is 9.34. The van der Waals surface area contributed by atoms with E-state index in [9.17, 15) is 14.2 Å². The fourth-order valence-corrected chi connectivity index (χ4v) is 4.76. The van der Waals surface area contributed by atoms with Crippen LogP contribution in [-0.4, -0.2) is 24.1 Å². The SMILES string of the molecule is CCO[P@](=O)(c1ccccc1)[C@@H](NC(C)=O)C(=O)c1ccccc1. The molecular weight excluding hydrogens is 325 g/mol. The standard InChI is InChI=1S/C18H20NO4P/c1-3-23-24(22,16-12-8-5-9-13-16)18(19-14(2)20)17(21)15-10-6-4-7-11-15/h4-13,18H,3H2,1-2H3,(H,19,20)/t18-,24-/m1/s1. The molecule has 0 aromatic heterocycles. The molecule has 6 heteroatoms. The molecule has 0 bridgehead atoms. The number of benzene rings is 2. The normalized spacial score (nSPS) is 14.4. The second-order valence-electron chi connectivity index (χ2n) is 5.18. The molecule has 2 rings (SSSR count). The molecule has 0 fully saturated rings. The maximum absolute atomic E-state index is 13.6. The monoisotopic (exact) mass is 345 g/mol. The van der Waals surface area contributed by atoms with E-state index in [1.807, 2.05) is 0 Å². The van der Waals surface area contributed by atoms with Gasteiger partial charge in [-0.25, -0.2) is 0 Å². The van der Waals surface area contributed by atoms with Crippen molar-refractivity contribution in [3.63, 3.8) is 0 Å². The van der Waals surface area contributed by atoms with Crippen LogP contribution in [0.1, 0.15) is 24.2 Å². The summed E-state index contributed by atoms with van der Waals surface area (Å²) in [6, 6.07) is 17.0. The fraction of sp³-hybridized carbons (Fsp3) is 0.222. The number of ketones is 1. The molecule has 126 valence electrons. The number of carbonyl (C=O) groups is 2. The Labute approximate surface area is 141 Å². The lowest BCUT2D eigenvalue weighted by Gasteiger charge is -2.27. The molecule has 24 heavy (non-hydrogen) atoms. The third-order valence-corrected chi connectivity index (χ3v) is 6.13. The molecule has 2 atom stereocenters. The van der Waals surface area contributed by atoms with Crippen LogP contribution >= 0.6 is 7.37 Å². The van der Waals surface area contributed by atoms with Crippen molar-refractivity contribution in [3.8, 4) is 0 Å². The Hall–Kier alpha value is -2.23. The molecule has 0 aliphatic heterocycles. The summed E-state index contributed by atoms with van der Waals surface area (Å²) in [5.41, 5.74) is 0.368. The lowest BCUT2D eigenvalue weighted by Crippen LogP contribution is -2.42. The van der Waals surface area contributed by atoms with E-state index in [1.54, 1.807) is 67.6 Å². The van der Waals surface area contributed by atoms with Gasteiger partial charge in [-0.15, -0.1) is 0 Å². The minimum Gasteiger partial charge on any atom is -0.338 e. The summed E-state index contributed by atoms with van der Waals surface area (Å²) in [6.07, 6.45) is 0. The van der Waals surface area contributed by atoms with Crippen LogP contribution in [0.3, 0.4) is 0 Å². The molecule has 1 amide bonds. The number of hydrogen-bond donors (Lipinski definition) is 1. The van der Waals surface area contributed by atoms with Gasteiger partial charge in [-0.1, -0.05) is 48.5 Å². The topological polar surface area (TPSA) is 72.5 Å². The van der Waals surface area contributed by atoms with Gasteiger partial charge in [0.05, 0.1) is 6.61 Å². The summed E-state index contributed by atoms with van der Waals surface area (Å²) in [5, 5.41) is 2.92. The number of amides is 1. The van der Waals surface area contributed by atoms with E-state index in [0.29, 0.717) is 10.9 Å². The first-order valence-electron chi connectivity index (χ1n) is 7.65. The van der Waals surface area contributed by atoms with Gasteiger partial charge in [0.15, 0.2) is 11.6 Å². The van der Waals surface area contributed by atoms with Gasteiger partial charge in [0, 0.05) is 17.8 Å². The predicted octanol–water partition coefficient (Wildman–Crippen LogP) is 2.97. The average molecular weight is 345 g/mol. The van der Waals surface area contributed by atoms with Crippen LogP contribution in [0.25, 0.3) is 0 Å². The van der Waals surface area contributed by atoms with Crippen molar-refractivity contribution in [2.45, 2.75) is 19.6 Å². The molecule has 0 aliphatic carbocycles. The molecule has 0 saturated heterocycles. The number of hydrogen-bond acceptors (Lipinski definition) is 4. The van der Waals surface area contributed by atoms with E-state index in [-0.39, 0.29) is 6.61 Å². The Morgan fingerprint density at radius 3 is 2.08 bits per heavy atom. The van der Waals surface area contributed by atoms with Crippen molar-refractivity contribution in [3.05, 3.63) is 66.2 Å². The van der Waals surface area contributed by atoms with E-state index >= 15 is 0 Å². The highest BCUT2D eigenvalue weighted by Gasteiger charge is 2.42. The van der Waals surface area contributed by atoms with Crippen LogP contribution < -0.4 is 10.6 Å². The summed E-state index contributed by atoms with van der Waals surface area (Å²) >= 11 is 0. The zero-order valence-corrected chi connectivity index (χ0v) is 14.5. The first kappa shape index (κ1) is 18.1. The molecule has 2 aromatic rings. The molecule has 2 aromatic carbocycles. The van der Waals surface area contributed by atoms with Gasteiger partial charge in [0.25, 0.3) is 7.37 Å². The number of nitrogens with one attached hydrogen (secondary N) is 1. The molecule has 5 nitrogen and oxygen atoms in total. The Kier molecular flexibility index (Phi) is 6.07. The van der Waals surface area contributed by atoms with Gasteiger partial charge < -0.3 is 9.84 Å². The number of carbonyl (C=O) groups excluding carboxylic acids is 2. The van der Waals surface area contributed by atoms with Gasteiger partial charge in [0.1, 0.15) is 0 Å². The van der Waals surface area contributed by atoms with E-state index < -0.39 is 24.8 Å². The molecule has 0 radical (unpaired) electrons. The fourth-order valence-electron chi connectivity index (χ4n) is 2.38. The highest BCUT2D eigenvalue weighted by atomic mass is 31.2. The van der Waals surface area contributed by atoms with Crippen molar-refractivity contribution in [2.75, 3.05) is 6.61 Å². The van der Waals surface area contributed by atoms with Crippen molar-refractivity contribution < 1.29 is 18.7 Å². The van der Waals surface area contributed by atoms with Gasteiger partial charge in [-0.2, -0.15) is 0 Å². The Balaban J connectivity index is 2.53. The number of Topliss-reactive ketones (excluding diaryl/α,β-unsaturated/α-hetero) is 1. The quantitative estimate of drug-likeness (QED) is 0.618. The van der Waals surface area contributed by atoms with Crippen LogP contribution in [0.5, 0.6) is 0 Å². The van der Waals surface area contributed by atoms with Gasteiger partial charge in [0.2, 0.25) is 5.91 Å². The molecule has 0 spiro atoms. The van der Waals surface area contributed by atoms with Crippen LogP contribution in [0, 0.1) is 0 Å². The highest BCUT2D eigenvalue weighted by molar-refractivity contribution is 7.68. The second kappa shape index (κ2) is 8.04. The molecular formula is C18H20NO4P. The van der Waals surface area contributed by atoms with Gasteiger partial charge >= 0.3 is 0 Å². The second-order valence-corrected chi connectivity index (χ2v) is 7.67. The van der Waals surface area contributed by atoms with Crippen LogP contribution in [0.4, 0.5) is 0 Å². The van der Waals surface area contributed by atoms with Gasteiger partial charge in [-0.3, -0.25) is 14.2 Å². The van der Waals surface area contributed by atoms with Crippen molar-refractivity contribution >= 4 is 24.4 Å². The highest BCUT2D eigenvalue weighted by Crippen LogP contribution is 2.50. The third kappa shape index (κ3) is 3.99. The number of rotatable bonds is 7. The summed E-state index contributed by atoms with van der Waals surface area (Å²) in [6.45, 7) is 3.14. The minimum atomic E-state index is -3.64. The summed E-state index contributed by atoms with van der Waals surface area (Å²) in [5.74, 6) is -2.15. The van der Waals surface area contributed by atoms with Crippen molar-refractivity contribution in [2.24, 2.45) is 0 Å². The Morgan fingerprint density at radius 2 is 1.58 bits per heavy atom. The minimum absolute atomic E-state index is 0.157. The maximum Gasteiger partial charge on any atom is 0.261 e. The smallest absolute Gasteiger partial charge is 0.261 e. The largest absolute Gasteiger partial charge is 0.338 e. The maximum atomic E-state index is 13.6. The van der Waals surface area contributed by atoms with Crippen molar-refractivity contribution in [1.29, 1.82) is 0 Å². The summed E-state index contributed by atoms with van der Waals surface area (Å²) in [4.78, 5) is 24.5. The van der Waals surface area contributed by atoms with Crippen LogP contribution in [0.15, 0.2) is 60.7 Å². The van der Waals surface area contributed by atoms with Gasteiger partial charge in [-0.05, 0) is 19.1 Å². The molecule has 0 unspecified atom stereocenters. The van der Waals surface area contributed by atoms with Crippen LogP contribution in [-0.2, 0) is 13.9 Å². The summed E-state index contributed by atoms with van der Waals surface area (Å²) < 4.78 is 19.1. The zero-order chi connectivity index (χ0) is 17.6. The Morgan fingerprint density at radius 1 is 1.04 bits per heavy atom. The lowest BCUT2D eigenvalue weighted by molar-refractivity contribution is -0.119. The van der Waals surface area contributed by atoms with E-state index in [0.717, 1.165) is 0 Å². The van der Waals surface area contributed by atoms with E-state index in [4.69, 9.17) is 4.52 Å². The molecule has 0 saturated carbocycles. The van der Waals surface area contributed by atoms with Crippen molar-refractivity contribution in [1.82, 2.24) is 5.32 Å². The first-order chi connectivity index (χ1) is 11.5. The Bertz CT molecular complexity index is 746. The zero-order valence-electron chi connectivity index (χ0n) is 13.6. The lowest BCUT2D eigenvalue weighted by atomic mass is 10.1. The van der Waals surface area contributed by atoms with E-state index in [1.165, 1.54) is 6.92 Å².